The molecular formula is C15H25N3O. The Bertz CT molecular complexity index is 363. The average Bonchev–Trinajstić information content (AvgIpc) is 2.45. The third-order valence-electron chi connectivity index (χ3n) is 3.15. The smallest absolute Gasteiger partial charge is 0.320 e. The van der Waals surface area contributed by atoms with Gasteiger partial charge in [0.15, 0.2) is 0 Å². The number of carbonyl (C=O) groups excluding carboxylic acids is 1. The fraction of sp³-hybridized carbons (Fsp3) is 0.533. The van der Waals surface area contributed by atoms with E-state index in [0.29, 0.717) is 19.6 Å². The summed E-state index contributed by atoms with van der Waals surface area (Å²) in [4.78, 5) is 16.2. The van der Waals surface area contributed by atoms with Crippen LogP contribution < -0.4 is 5.73 Å². The number of nitrogens with two attached hydrogens (primary N) is 1. The highest BCUT2D eigenvalue weighted by Crippen LogP contribution is 2.08. The van der Waals surface area contributed by atoms with Crippen molar-refractivity contribution in [2.45, 2.75) is 26.8 Å². The van der Waals surface area contributed by atoms with Gasteiger partial charge in [-0.15, -0.1) is 0 Å². The molecule has 106 valence electrons. The SMILES string of the molecule is CCN(CC)C(=O)N(CCCN)Cc1ccccc1. The van der Waals surface area contributed by atoms with Crippen molar-refractivity contribution in [1.82, 2.24) is 9.80 Å². The molecule has 0 saturated heterocycles. The lowest BCUT2D eigenvalue weighted by molar-refractivity contribution is 0.154. The molecule has 4 nitrogen and oxygen atoms in total. The van der Waals surface area contributed by atoms with Gasteiger partial charge in [-0.05, 0) is 32.4 Å². The first kappa shape index (κ1) is 15.5. The molecule has 1 aromatic rings. The molecule has 1 rings (SSSR count). The van der Waals surface area contributed by atoms with Crippen LogP contribution in [0.3, 0.4) is 0 Å². The molecule has 4 heteroatoms. The van der Waals surface area contributed by atoms with E-state index in [9.17, 15) is 4.79 Å². The van der Waals surface area contributed by atoms with Crippen LogP contribution in [0.25, 0.3) is 0 Å². The lowest BCUT2D eigenvalue weighted by Gasteiger charge is -2.29. The zero-order valence-corrected chi connectivity index (χ0v) is 12.0. The summed E-state index contributed by atoms with van der Waals surface area (Å²) in [5, 5.41) is 0. The van der Waals surface area contributed by atoms with Crippen LogP contribution in [0.1, 0.15) is 25.8 Å². The first-order valence-electron chi connectivity index (χ1n) is 7.00. The highest BCUT2D eigenvalue weighted by atomic mass is 16.2. The van der Waals surface area contributed by atoms with E-state index < -0.39 is 0 Å². The zero-order chi connectivity index (χ0) is 14.1. The summed E-state index contributed by atoms with van der Waals surface area (Å²) in [6, 6.07) is 10.2. The summed E-state index contributed by atoms with van der Waals surface area (Å²) in [6.07, 6.45) is 0.833. The molecule has 0 bridgehead atoms. The predicted molar refractivity (Wildman–Crippen MR) is 78.8 cm³/mol. The second kappa shape index (κ2) is 8.53. The van der Waals surface area contributed by atoms with E-state index in [4.69, 9.17) is 5.73 Å². The van der Waals surface area contributed by atoms with Crippen LogP contribution in [0.15, 0.2) is 30.3 Å². The third kappa shape index (κ3) is 4.91. The fourth-order valence-electron chi connectivity index (χ4n) is 2.02. The highest BCUT2D eigenvalue weighted by Gasteiger charge is 2.18. The second-order valence-electron chi connectivity index (χ2n) is 4.50. The second-order valence-corrected chi connectivity index (χ2v) is 4.50. The van der Waals surface area contributed by atoms with Crippen molar-refractivity contribution in [2.24, 2.45) is 5.73 Å². The molecule has 19 heavy (non-hydrogen) atoms. The quantitative estimate of drug-likeness (QED) is 0.820. The van der Waals surface area contributed by atoms with Gasteiger partial charge in [-0.2, -0.15) is 0 Å². The van der Waals surface area contributed by atoms with Crippen LogP contribution in [0, 0.1) is 0 Å². The predicted octanol–water partition coefficient (Wildman–Crippen LogP) is 2.30. The molecular weight excluding hydrogens is 238 g/mol. The van der Waals surface area contributed by atoms with Gasteiger partial charge < -0.3 is 15.5 Å². The van der Waals surface area contributed by atoms with Crippen molar-refractivity contribution in [3.8, 4) is 0 Å². The number of hydrogen-bond acceptors (Lipinski definition) is 2. The minimum absolute atomic E-state index is 0.0994. The minimum Gasteiger partial charge on any atom is -0.330 e. The number of benzene rings is 1. The summed E-state index contributed by atoms with van der Waals surface area (Å²) in [6.45, 7) is 7.45. The van der Waals surface area contributed by atoms with Crippen LogP contribution in [0.5, 0.6) is 0 Å². The molecule has 0 saturated carbocycles. The normalized spacial score (nSPS) is 10.3. The molecule has 0 radical (unpaired) electrons. The van der Waals surface area contributed by atoms with Gasteiger partial charge in [-0.3, -0.25) is 0 Å². The largest absolute Gasteiger partial charge is 0.330 e. The van der Waals surface area contributed by atoms with Gasteiger partial charge in [0.2, 0.25) is 0 Å². The van der Waals surface area contributed by atoms with Crippen molar-refractivity contribution in [3.63, 3.8) is 0 Å². The van der Waals surface area contributed by atoms with Gasteiger partial charge in [-0.25, -0.2) is 4.79 Å². The van der Waals surface area contributed by atoms with Gasteiger partial charge in [0.05, 0.1) is 0 Å². The van der Waals surface area contributed by atoms with Crippen LogP contribution in [-0.4, -0.2) is 42.0 Å². The molecule has 0 unspecified atom stereocenters. The van der Waals surface area contributed by atoms with Crippen LogP contribution in [0.4, 0.5) is 4.79 Å². The Morgan fingerprint density at radius 1 is 1.11 bits per heavy atom. The third-order valence-corrected chi connectivity index (χ3v) is 3.15. The number of urea groups is 1. The molecule has 1 aromatic carbocycles. The molecule has 2 amide bonds. The van der Waals surface area contributed by atoms with E-state index in [1.807, 2.05) is 54.0 Å². The average molecular weight is 263 g/mol. The minimum atomic E-state index is 0.0994. The lowest BCUT2D eigenvalue weighted by atomic mass is 10.2. The Morgan fingerprint density at radius 2 is 1.74 bits per heavy atom. The van der Waals surface area contributed by atoms with Crippen molar-refractivity contribution >= 4 is 6.03 Å². The van der Waals surface area contributed by atoms with Crippen LogP contribution in [-0.2, 0) is 6.54 Å². The maximum Gasteiger partial charge on any atom is 0.320 e. The van der Waals surface area contributed by atoms with E-state index in [1.165, 1.54) is 0 Å². The molecule has 0 aliphatic heterocycles. The molecule has 0 atom stereocenters. The maximum atomic E-state index is 12.4. The summed E-state index contributed by atoms with van der Waals surface area (Å²) in [7, 11) is 0. The summed E-state index contributed by atoms with van der Waals surface area (Å²) in [5.41, 5.74) is 6.71. The summed E-state index contributed by atoms with van der Waals surface area (Å²) >= 11 is 0. The van der Waals surface area contributed by atoms with Crippen molar-refractivity contribution in [2.75, 3.05) is 26.2 Å². The van der Waals surface area contributed by atoms with Crippen LogP contribution in [0.2, 0.25) is 0 Å². The maximum absolute atomic E-state index is 12.4. The van der Waals surface area contributed by atoms with Crippen molar-refractivity contribution in [1.29, 1.82) is 0 Å². The molecule has 0 fully saturated rings. The van der Waals surface area contributed by atoms with Crippen molar-refractivity contribution < 1.29 is 4.79 Å². The van der Waals surface area contributed by atoms with E-state index in [-0.39, 0.29) is 6.03 Å². The highest BCUT2D eigenvalue weighted by molar-refractivity contribution is 5.74. The van der Waals surface area contributed by atoms with Gasteiger partial charge in [0.1, 0.15) is 0 Å². The number of rotatable bonds is 7. The van der Waals surface area contributed by atoms with Gasteiger partial charge in [0.25, 0.3) is 0 Å². The first-order chi connectivity index (χ1) is 9.22. The summed E-state index contributed by atoms with van der Waals surface area (Å²) < 4.78 is 0. The molecule has 2 N–H and O–H groups in total. The van der Waals surface area contributed by atoms with Gasteiger partial charge in [-0.1, -0.05) is 30.3 Å². The number of carbonyl (C=O) groups is 1. The Hall–Kier alpha value is -1.55. The molecule has 0 aliphatic carbocycles. The van der Waals surface area contributed by atoms with Crippen molar-refractivity contribution in [3.05, 3.63) is 35.9 Å². The van der Waals surface area contributed by atoms with E-state index in [2.05, 4.69) is 0 Å². The van der Waals surface area contributed by atoms with Gasteiger partial charge in [0, 0.05) is 26.2 Å². The molecule has 0 heterocycles. The lowest BCUT2D eigenvalue weighted by Crippen LogP contribution is -2.43. The number of nitrogens with zero attached hydrogens (tertiary/aromatic N) is 2. The van der Waals surface area contributed by atoms with E-state index in [0.717, 1.165) is 25.1 Å². The first-order valence-corrected chi connectivity index (χ1v) is 7.00. The topological polar surface area (TPSA) is 49.6 Å². The molecule has 0 aromatic heterocycles. The Balaban J connectivity index is 2.73. The monoisotopic (exact) mass is 263 g/mol. The Labute approximate surface area is 116 Å². The Morgan fingerprint density at radius 3 is 2.26 bits per heavy atom. The number of amides is 2. The Kier molecular flexibility index (Phi) is 6.97. The standard InChI is InChI=1S/C15H25N3O/c1-3-17(4-2)15(19)18(12-8-11-16)13-14-9-6-5-7-10-14/h5-7,9-10H,3-4,8,11-13,16H2,1-2H3. The summed E-state index contributed by atoms with van der Waals surface area (Å²) in [5.74, 6) is 0. The fourth-order valence-corrected chi connectivity index (χ4v) is 2.02. The molecule has 0 spiro atoms. The number of hydrogen-bond donors (Lipinski definition) is 1. The van der Waals surface area contributed by atoms with E-state index >= 15 is 0 Å². The van der Waals surface area contributed by atoms with Gasteiger partial charge >= 0.3 is 6.03 Å². The molecule has 0 aliphatic rings. The van der Waals surface area contributed by atoms with E-state index in [1.54, 1.807) is 0 Å². The van der Waals surface area contributed by atoms with Crippen LogP contribution >= 0.6 is 0 Å². The zero-order valence-electron chi connectivity index (χ0n) is 12.0.